The molecular weight excluding hydrogens is 533 g/mol. The lowest BCUT2D eigenvalue weighted by Gasteiger charge is -2.19. The molecule has 1 atom stereocenters. The molecule has 0 aliphatic rings. The van der Waals surface area contributed by atoms with Crippen LogP contribution in [-0.4, -0.2) is 28.2 Å². The molecular formula is C27H25Cl2F4NO3. The Morgan fingerprint density at radius 2 is 1.68 bits per heavy atom. The minimum absolute atomic E-state index is 0.113. The van der Waals surface area contributed by atoms with E-state index in [1.54, 1.807) is 51.2 Å². The van der Waals surface area contributed by atoms with Gasteiger partial charge in [-0.25, -0.2) is 4.39 Å². The molecule has 0 aliphatic heterocycles. The molecule has 0 aliphatic carbocycles. The summed E-state index contributed by atoms with van der Waals surface area (Å²) >= 11 is 11.4. The van der Waals surface area contributed by atoms with Gasteiger partial charge >= 0.3 is 12.1 Å². The summed E-state index contributed by atoms with van der Waals surface area (Å²) in [6.07, 6.45) is -0.287. The quantitative estimate of drug-likeness (QED) is 0.166. The highest BCUT2D eigenvalue weighted by Crippen LogP contribution is 2.39. The van der Waals surface area contributed by atoms with Crippen LogP contribution in [0.4, 0.5) is 17.6 Å². The van der Waals surface area contributed by atoms with Crippen molar-refractivity contribution in [3.63, 3.8) is 0 Å². The lowest BCUT2D eigenvalue weighted by Crippen LogP contribution is -2.23. The topological polar surface area (TPSA) is 48.3 Å². The number of fused-ring (bicyclic) bond motifs is 1. The van der Waals surface area contributed by atoms with E-state index < -0.39 is 33.6 Å². The van der Waals surface area contributed by atoms with Crippen LogP contribution in [-0.2, 0) is 9.53 Å². The van der Waals surface area contributed by atoms with Crippen LogP contribution in [0.1, 0.15) is 61.9 Å². The Kier molecular flexibility index (Phi) is 8.75. The molecule has 4 nitrogen and oxygen atoms in total. The first-order valence-corrected chi connectivity index (χ1v) is 12.2. The van der Waals surface area contributed by atoms with Crippen LogP contribution in [0.3, 0.4) is 0 Å². The fourth-order valence-electron chi connectivity index (χ4n) is 3.75. The molecule has 10 heteroatoms. The predicted octanol–water partition coefficient (Wildman–Crippen LogP) is 8.60. The molecule has 1 unspecified atom stereocenters. The molecule has 0 saturated heterocycles. The van der Waals surface area contributed by atoms with E-state index in [1.807, 2.05) is 0 Å². The van der Waals surface area contributed by atoms with E-state index in [4.69, 9.17) is 27.9 Å². The average Bonchev–Trinajstić information content (AvgIpc) is 3.18. The van der Waals surface area contributed by atoms with E-state index in [0.717, 1.165) is 18.2 Å². The summed E-state index contributed by atoms with van der Waals surface area (Å²) in [7, 11) is 0. The number of halogens is 6. The van der Waals surface area contributed by atoms with Gasteiger partial charge in [-0.05, 0) is 68.7 Å². The van der Waals surface area contributed by atoms with Crippen molar-refractivity contribution >= 4 is 52.1 Å². The molecule has 1 heterocycles. The van der Waals surface area contributed by atoms with Gasteiger partial charge in [0.25, 0.3) is 0 Å². The van der Waals surface area contributed by atoms with Crippen LogP contribution < -0.4 is 0 Å². The number of esters is 1. The summed E-state index contributed by atoms with van der Waals surface area (Å²) in [5.74, 6) is -3.64. The number of benzene rings is 2. The second-order valence-corrected chi connectivity index (χ2v) is 10.3. The van der Waals surface area contributed by atoms with Gasteiger partial charge < -0.3 is 4.74 Å². The standard InChI is InChI=1S/C27H25Cl2F4NO3/c1-26(2,3)37-24(36)6-4-5-23(35)34-12-11-17-13-16(8-10-22(17)34)7-9-19(27(31,32)33)18-14-20(28)25(30)21(29)15-18/h7-15,19H,4-6H2,1-3H3/b9-7+. The summed E-state index contributed by atoms with van der Waals surface area (Å²) < 4.78 is 61.6. The summed E-state index contributed by atoms with van der Waals surface area (Å²) in [5, 5.41) is -0.341. The molecule has 3 rings (SSSR count). The van der Waals surface area contributed by atoms with E-state index in [0.29, 0.717) is 22.9 Å². The van der Waals surface area contributed by atoms with Crippen molar-refractivity contribution in [2.24, 2.45) is 0 Å². The second kappa shape index (κ2) is 11.3. The number of hydrogen-bond donors (Lipinski definition) is 0. The number of rotatable bonds is 7. The zero-order valence-electron chi connectivity index (χ0n) is 20.3. The molecule has 0 radical (unpaired) electrons. The fourth-order valence-corrected chi connectivity index (χ4v) is 4.25. The normalized spacial score (nSPS) is 13.3. The molecule has 0 amide bonds. The number of nitrogens with zero attached hydrogens (tertiary/aromatic N) is 1. The van der Waals surface area contributed by atoms with Gasteiger partial charge in [0, 0.05) is 24.4 Å². The minimum Gasteiger partial charge on any atom is -0.460 e. The Balaban J connectivity index is 1.75. The van der Waals surface area contributed by atoms with Crippen molar-refractivity contribution < 1.29 is 31.9 Å². The first kappa shape index (κ1) is 28.7. The molecule has 0 spiro atoms. The van der Waals surface area contributed by atoms with E-state index in [-0.39, 0.29) is 30.3 Å². The van der Waals surface area contributed by atoms with Crippen molar-refractivity contribution in [2.75, 3.05) is 0 Å². The van der Waals surface area contributed by atoms with Crippen LogP contribution in [0.5, 0.6) is 0 Å². The summed E-state index contributed by atoms with van der Waals surface area (Å²) in [4.78, 5) is 24.5. The first-order valence-electron chi connectivity index (χ1n) is 11.4. The molecule has 3 aromatic rings. The Hall–Kier alpha value is -2.84. The van der Waals surface area contributed by atoms with Crippen molar-refractivity contribution in [3.05, 3.63) is 75.7 Å². The SMILES string of the molecule is CC(C)(C)OC(=O)CCCC(=O)n1ccc2cc(/C=C/C(c3cc(Cl)c(F)c(Cl)c3)C(F)(F)F)ccc21. The molecule has 0 saturated carbocycles. The van der Waals surface area contributed by atoms with Gasteiger partial charge in [-0.1, -0.05) is 41.4 Å². The monoisotopic (exact) mass is 557 g/mol. The van der Waals surface area contributed by atoms with Crippen molar-refractivity contribution in [1.29, 1.82) is 0 Å². The summed E-state index contributed by atoms with van der Waals surface area (Å²) in [6, 6.07) is 8.36. The predicted molar refractivity (Wildman–Crippen MR) is 137 cm³/mol. The Bertz CT molecular complexity index is 1320. The van der Waals surface area contributed by atoms with Crippen molar-refractivity contribution in [2.45, 2.75) is 57.7 Å². The lowest BCUT2D eigenvalue weighted by atomic mass is 9.97. The highest BCUT2D eigenvalue weighted by molar-refractivity contribution is 6.35. The van der Waals surface area contributed by atoms with Crippen molar-refractivity contribution in [1.82, 2.24) is 4.57 Å². The summed E-state index contributed by atoms with van der Waals surface area (Å²) in [6.45, 7) is 5.30. The van der Waals surface area contributed by atoms with Crippen molar-refractivity contribution in [3.8, 4) is 0 Å². The zero-order valence-corrected chi connectivity index (χ0v) is 21.8. The summed E-state index contributed by atoms with van der Waals surface area (Å²) in [5.41, 5.74) is 0.174. The van der Waals surface area contributed by atoms with Crippen LogP contribution >= 0.6 is 23.2 Å². The lowest BCUT2D eigenvalue weighted by molar-refractivity contribution is -0.154. The highest BCUT2D eigenvalue weighted by Gasteiger charge is 2.39. The molecule has 0 bridgehead atoms. The van der Waals surface area contributed by atoms with Gasteiger partial charge in [0.05, 0.1) is 21.5 Å². The van der Waals surface area contributed by atoms with Gasteiger partial charge in [0.1, 0.15) is 5.60 Å². The third-order valence-electron chi connectivity index (χ3n) is 5.37. The van der Waals surface area contributed by atoms with E-state index in [1.165, 1.54) is 10.6 Å². The zero-order chi connectivity index (χ0) is 27.5. The Morgan fingerprint density at radius 1 is 1.03 bits per heavy atom. The maximum atomic E-state index is 13.7. The molecule has 1 aromatic heterocycles. The number of hydrogen-bond acceptors (Lipinski definition) is 3. The van der Waals surface area contributed by atoms with Crippen LogP contribution in [0, 0.1) is 5.82 Å². The highest BCUT2D eigenvalue weighted by atomic mass is 35.5. The van der Waals surface area contributed by atoms with Gasteiger partial charge in [0.2, 0.25) is 5.91 Å². The average molecular weight is 558 g/mol. The third-order valence-corrected chi connectivity index (χ3v) is 5.92. The van der Waals surface area contributed by atoms with E-state index >= 15 is 0 Å². The number of aromatic nitrogens is 1. The smallest absolute Gasteiger partial charge is 0.399 e. The van der Waals surface area contributed by atoms with Gasteiger partial charge in [0.15, 0.2) is 5.82 Å². The minimum atomic E-state index is -4.67. The molecule has 198 valence electrons. The largest absolute Gasteiger partial charge is 0.460 e. The number of alkyl halides is 3. The van der Waals surface area contributed by atoms with Gasteiger partial charge in [-0.2, -0.15) is 13.2 Å². The Morgan fingerprint density at radius 3 is 2.27 bits per heavy atom. The number of carbonyl (C=O) groups is 2. The number of allylic oxidation sites excluding steroid dienone is 1. The van der Waals surface area contributed by atoms with Crippen LogP contribution in [0.15, 0.2) is 48.7 Å². The number of ether oxygens (including phenoxy) is 1. The van der Waals surface area contributed by atoms with Crippen LogP contribution in [0.2, 0.25) is 10.0 Å². The van der Waals surface area contributed by atoms with Gasteiger partial charge in [-0.3, -0.25) is 14.2 Å². The first-order chi connectivity index (χ1) is 17.2. The molecule has 37 heavy (non-hydrogen) atoms. The molecule has 0 fully saturated rings. The maximum Gasteiger partial charge on any atom is 0.399 e. The molecule has 0 N–H and O–H groups in total. The third kappa shape index (κ3) is 7.58. The fraction of sp³-hybridized carbons (Fsp3) is 0.333. The van der Waals surface area contributed by atoms with Crippen LogP contribution in [0.25, 0.3) is 17.0 Å². The van der Waals surface area contributed by atoms with E-state index in [2.05, 4.69) is 0 Å². The van der Waals surface area contributed by atoms with Gasteiger partial charge in [-0.15, -0.1) is 0 Å². The second-order valence-electron chi connectivity index (χ2n) is 9.51. The van der Waals surface area contributed by atoms with E-state index in [9.17, 15) is 27.2 Å². The maximum absolute atomic E-state index is 13.7. The number of carbonyl (C=O) groups excluding carboxylic acids is 2. The Labute approximate surface area is 221 Å². The molecule has 2 aromatic carbocycles.